The molecule has 1 aromatic rings. The van der Waals surface area contributed by atoms with E-state index < -0.39 is 0 Å². The third-order valence-electron chi connectivity index (χ3n) is 6.91. The summed E-state index contributed by atoms with van der Waals surface area (Å²) in [4.78, 5) is 4.94. The molecule has 0 saturated carbocycles. The SMILES string of the molecule is CCCCCCN1CC(N(CCCCCC)CCCCCC)[N+]([O-])(c2nnc(C(C)C)s2)C1. The molecular formula is C26H51N5OS. The second-order valence-corrected chi connectivity index (χ2v) is 11.3. The topological polar surface area (TPSA) is 55.3 Å². The molecule has 2 atom stereocenters. The molecule has 192 valence electrons. The first-order valence-electron chi connectivity index (χ1n) is 13.8. The van der Waals surface area contributed by atoms with E-state index in [0.717, 1.165) is 31.2 Å². The maximum Gasteiger partial charge on any atom is 0.309 e. The van der Waals surface area contributed by atoms with Crippen molar-refractivity contribution in [3.8, 4) is 0 Å². The summed E-state index contributed by atoms with van der Waals surface area (Å²) in [6.07, 6.45) is 14.8. The summed E-state index contributed by atoms with van der Waals surface area (Å²) in [6.45, 7) is 15.5. The minimum atomic E-state index is -0.334. The van der Waals surface area contributed by atoms with E-state index in [0.29, 0.717) is 17.7 Å². The van der Waals surface area contributed by atoms with Crippen molar-refractivity contribution in [2.24, 2.45) is 0 Å². The Labute approximate surface area is 207 Å². The second-order valence-electron chi connectivity index (χ2n) is 10.3. The molecule has 1 aromatic heterocycles. The van der Waals surface area contributed by atoms with Gasteiger partial charge in [-0.2, -0.15) is 0 Å². The number of aromatic nitrogens is 2. The molecule has 1 aliphatic heterocycles. The van der Waals surface area contributed by atoms with E-state index in [1.807, 2.05) is 0 Å². The Morgan fingerprint density at radius 2 is 1.48 bits per heavy atom. The molecule has 0 aromatic carbocycles. The third kappa shape index (κ3) is 8.84. The Bertz CT molecular complexity index is 628. The van der Waals surface area contributed by atoms with Crippen LogP contribution in [-0.4, -0.2) is 59.0 Å². The Hall–Kier alpha value is -0.600. The zero-order valence-corrected chi connectivity index (χ0v) is 23.0. The average molecular weight is 482 g/mol. The van der Waals surface area contributed by atoms with Crippen LogP contribution in [-0.2, 0) is 0 Å². The molecule has 2 rings (SSSR count). The van der Waals surface area contributed by atoms with Gasteiger partial charge in [-0.05, 0) is 30.6 Å². The molecule has 0 amide bonds. The van der Waals surface area contributed by atoms with E-state index in [-0.39, 0.29) is 10.8 Å². The van der Waals surface area contributed by atoms with Crippen LogP contribution in [0.5, 0.6) is 0 Å². The first-order chi connectivity index (χ1) is 16.0. The first-order valence-corrected chi connectivity index (χ1v) is 14.7. The summed E-state index contributed by atoms with van der Waals surface area (Å²) >= 11 is 1.54. The van der Waals surface area contributed by atoms with Gasteiger partial charge in [-0.15, -0.1) is 5.10 Å². The van der Waals surface area contributed by atoms with E-state index >= 15 is 0 Å². The number of rotatable bonds is 18. The number of unbranched alkanes of at least 4 members (excludes halogenated alkanes) is 9. The van der Waals surface area contributed by atoms with Gasteiger partial charge in [0.25, 0.3) is 0 Å². The Morgan fingerprint density at radius 3 is 2.00 bits per heavy atom. The van der Waals surface area contributed by atoms with Gasteiger partial charge in [0.05, 0.1) is 6.54 Å². The molecule has 2 heterocycles. The summed E-state index contributed by atoms with van der Waals surface area (Å²) < 4.78 is -0.334. The van der Waals surface area contributed by atoms with E-state index in [4.69, 9.17) is 0 Å². The normalized spacial score (nSPS) is 21.6. The standard InChI is InChI=1S/C26H51N5OS/c1-6-9-12-15-18-29-21-24(30(19-16-13-10-7-2)20-17-14-11-8-3)31(32,22-29)26-28-27-25(33-26)23(4)5/h23-24H,6-22H2,1-5H3. The van der Waals surface area contributed by atoms with Crippen molar-refractivity contribution in [2.45, 2.75) is 124 Å². The quantitative estimate of drug-likeness (QED) is 0.127. The smallest absolute Gasteiger partial charge is 0.309 e. The highest BCUT2D eigenvalue weighted by Crippen LogP contribution is 2.37. The van der Waals surface area contributed by atoms with Crippen molar-refractivity contribution < 1.29 is 0 Å². The van der Waals surface area contributed by atoms with E-state index in [2.05, 4.69) is 54.6 Å². The fourth-order valence-corrected chi connectivity index (χ4v) is 5.73. The van der Waals surface area contributed by atoms with Crippen LogP contribution in [0.4, 0.5) is 5.13 Å². The molecule has 1 saturated heterocycles. The summed E-state index contributed by atoms with van der Waals surface area (Å²) in [5, 5.41) is 25.1. The highest BCUT2D eigenvalue weighted by Gasteiger charge is 2.46. The van der Waals surface area contributed by atoms with Gasteiger partial charge < -0.3 is 5.21 Å². The van der Waals surface area contributed by atoms with Crippen molar-refractivity contribution in [3.05, 3.63) is 10.2 Å². The van der Waals surface area contributed by atoms with Gasteiger partial charge in [-0.25, -0.2) is 4.90 Å². The third-order valence-corrected chi connectivity index (χ3v) is 8.24. The number of hydrogen-bond donors (Lipinski definition) is 0. The van der Waals surface area contributed by atoms with Crippen LogP contribution in [0.3, 0.4) is 0 Å². The summed E-state index contributed by atoms with van der Waals surface area (Å²) in [6, 6.07) is 0. The minimum Gasteiger partial charge on any atom is -0.623 e. The number of nitrogens with zero attached hydrogens (tertiary/aromatic N) is 5. The molecule has 0 aliphatic carbocycles. The van der Waals surface area contributed by atoms with Crippen LogP contribution >= 0.6 is 11.3 Å². The van der Waals surface area contributed by atoms with Crippen LogP contribution < -0.4 is 4.65 Å². The summed E-state index contributed by atoms with van der Waals surface area (Å²) in [5.74, 6) is 0.313. The highest BCUT2D eigenvalue weighted by atomic mass is 32.1. The summed E-state index contributed by atoms with van der Waals surface area (Å²) in [7, 11) is 0. The van der Waals surface area contributed by atoms with Gasteiger partial charge in [0.15, 0.2) is 6.17 Å². The lowest BCUT2D eigenvalue weighted by Gasteiger charge is -2.44. The van der Waals surface area contributed by atoms with Crippen LogP contribution in [0, 0.1) is 5.21 Å². The molecule has 1 fully saturated rings. The van der Waals surface area contributed by atoms with Gasteiger partial charge in [0, 0.05) is 25.6 Å². The molecular weight excluding hydrogens is 430 g/mol. The number of hydrogen-bond acceptors (Lipinski definition) is 6. The molecule has 0 radical (unpaired) electrons. The molecule has 2 unspecified atom stereocenters. The molecule has 0 bridgehead atoms. The van der Waals surface area contributed by atoms with Crippen LogP contribution in [0.2, 0.25) is 0 Å². The Morgan fingerprint density at radius 1 is 0.909 bits per heavy atom. The molecule has 0 N–H and O–H groups in total. The van der Waals surface area contributed by atoms with Gasteiger partial charge >= 0.3 is 5.13 Å². The molecule has 33 heavy (non-hydrogen) atoms. The van der Waals surface area contributed by atoms with Crippen LogP contribution in [0.25, 0.3) is 0 Å². The Kier molecular flexibility index (Phi) is 13.4. The summed E-state index contributed by atoms with van der Waals surface area (Å²) in [5.41, 5.74) is 0. The van der Waals surface area contributed by atoms with Crippen molar-refractivity contribution in [3.63, 3.8) is 0 Å². The fraction of sp³-hybridized carbons (Fsp3) is 0.923. The lowest BCUT2D eigenvalue weighted by molar-refractivity contribution is 0.112. The van der Waals surface area contributed by atoms with Crippen LogP contribution in [0.1, 0.15) is 123 Å². The largest absolute Gasteiger partial charge is 0.623 e. The molecule has 0 spiro atoms. The zero-order valence-electron chi connectivity index (χ0n) is 22.2. The molecule has 1 aliphatic rings. The van der Waals surface area contributed by atoms with Crippen molar-refractivity contribution >= 4 is 16.5 Å². The minimum absolute atomic E-state index is 0.0626. The van der Waals surface area contributed by atoms with E-state index in [9.17, 15) is 5.21 Å². The second kappa shape index (κ2) is 15.4. The van der Waals surface area contributed by atoms with Gasteiger partial charge in [-0.1, -0.05) is 97.5 Å². The zero-order chi connectivity index (χ0) is 24.1. The van der Waals surface area contributed by atoms with Crippen molar-refractivity contribution in [1.82, 2.24) is 24.6 Å². The maximum atomic E-state index is 14.6. The van der Waals surface area contributed by atoms with Gasteiger partial charge in [0.2, 0.25) is 0 Å². The van der Waals surface area contributed by atoms with E-state index in [1.165, 1.54) is 77.0 Å². The average Bonchev–Trinajstić information content (AvgIpc) is 3.42. The number of quaternary nitrogens is 1. The van der Waals surface area contributed by atoms with Gasteiger partial charge in [0.1, 0.15) is 11.7 Å². The predicted molar refractivity (Wildman–Crippen MR) is 143 cm³/mol. The monoisotopic (exact) mass is 481 g/mol. The van der Waals surface area contributed by atoms with E-state index in [1.54, 1.807) is 11.3 Å². The lowest BCUT2D eigenvalue weighted by atomic mass is 10.1. The van der Waals surface area contributed by atoms with Gasteiger partial charge in [-0.3, -0.25) is 9.55 Å². The maximum absolute atomic E-state index is 14.6. The fourth-order valence-electron chi connectivity index (χ4n) is 4.81. The van der Waals surface area contributed by atoms with Crippen molar-refractivity contribution in [2.75, 3.05) is 32.8 Å². The number of hydroxylamine groups is 2. The first kappa shape index (κ1) is 28.6. The lowest BCUT2D eigenvalue weighted by Crippen LogP contribution is -2.57. The van der Waals surface area contributed by atoms with Crippen LogP contribution in [0.15, 0.2) is 0 Å². The van der Waals surface area contributed by atoms with Crippen molar-refractivity contribution in [1.29, 1.82) is 0 Å². The molecule has 7 heteroatoms. The predicted octanol–water partition coefficient (Wildman–Crippen LogP) is 7.11. The molecule has 6 nitrogen and oxygen atoms in total. The Balaban J connectivity index is 2.20. The highest BCUT2D eigenvalue weighted by molar-refractivity contribution is 7.15.